The minimum atomic E-state index is -0.479. The number of hydrogen-bond acceptors (Lipinski definition) is 6. The smallest absolute Gasteiger partial charge is 0.276 e. The highest BCUT2D eigenvalue weighted by atomic mass is 16.6. The van der Waals surface area contributed by atoms with Crippen molar-refractivity contribution in [1.82, 2.24) is 5.32 Å². The molecule has 0 atom stereocenters. The van der Waals surface area contributed by atoms with E-state index in [1.54, 1.807) is 30.3 Å². The van der Waals surface area contributed by atoms with Crippen LogP contribution in [-0.4, -0.2) is 31.6 Å². The molecule has 3 aromatic carbocycles. The Kier molecular flexibility index (Phi) is 7.64. The predicted molar refractivity (Wildman–Crippen MR) is 119 cm³/mol. The molecule has 0 bridgehead atoms. The van der Waals surface area contributed by atoms with Crippen LogP contribution in [-0.2, 0) is 13.0 Å². The fraction of sp³-hybridized carbons (Fsp3) is 0.208. The zero-order valence-electron chi connectivity index (χ0n) is 17.9. The first-order chi connectivity index (χ1) is 15.5. The summed E-state index contributed by atoms with van der Waals surface area (Å²) in [5.41, 5.74) is 1.88. The molecule has 0 aliphatic rings. The number of nitro groups is 1. The van der Waals surface area contributed by atoms with Crippen molar-refractivity contribution in [2.75, 3.05) is 20.8 Å². The van der Waals surface area contributed by atoms with Gasteiger partial charge in [-0.1, -0.05) is 30.3 Å². The molecule has 166 valence electrons. The summed E-state index contributed by atoms with van der Waals surface area (Å²) >= 11 is 0. The molecule has 3 aromatic rings. The van der Waals surface area contributed by atoms with Crippen LogP contribution in [0.2, 0.25) is 0 Å². The number of carbonyl (C=O) groups is 1. The average Bonchev–Trinajstić information content (AvgIpc) is 2.83. The molecule has 8 heteroatoms. The number of nitrogens with zero attached hydrogens (tertiary/aromatic N) is 1. The Labute approximate surface area is 185 Å². The summed E-state index contributed by atoms with van der Waals surface area (Å²) in [7, 11) is 2.88. The van der Waals surface area contributed by atoms with E-state index in [1.165, 1.54) is 20.3 Å². The minimum Gasteiger partial charge on any atom is -0.493 e. The number of methoxy groups -OCH3 is 2. The second-order valence-corrected chi connectivity index (χ2v) is 6.90. The standard InChI is InChI=1S/C24H24N2O6/c1-30-22-14-19(21(26(28)29)15-23(22)31-2)12-13-25-24(27)18-8-10-20(11-9-18)32-16-17-6-4-3-5-7-17/h3-11,14-15H,12-13,16H2,1-2H3,(H,25,27). The third-order valence-corrected chi connectivity index (χ3v) is 4.83. The lowest BCUT2D eigenvalue weighted by atomic mass is 10.1. The third-order valence-electron chi connectivity index (χ3n) is 4.83. The maximum atomic E-state index is 12.4. The second kappa shape index (κ2) is 10.8. The molecular formula is C24H24N2O6. The van der Waals surface area contributed by atoms with Crippen molar-refractivity contribution in [3.05, 3.63) is 93.5 Å². The van der Waals surface area contributed by atoms with E-state index in [2.05, 4.69) is 5.32 Å². The van der Waals surface area contributed by atoms with E-state index in [4.69, 9.17) is 14.2 Å². The summed E-state index contributed by atoms with van der Waals surface area (Å²) in [6, 6.07) is 19.5. The second-order valence-electron chi connectivity index (χ2n) is 6.90. The van der Waals surface area contributed by atoms with E-state index < -0.39 is 4.92 Å². The fourth-order valence-corrected chi connectivity index (χ4v) is 3.14. The number of amides is 1. The van der Waals surface area contributed by atoms with Crippen LogP contribution in [0, 0.1) is 10.1 Å². The highest BCUT2D eigenvalue weighted by Gasteiger charge is 2.19. The summed E-state index contributed by atoms with van der Waals surface area (Å²) in [5, 5.41) is 14.2. The van der Waals surface area contributed by atoms with Crippen LogP contribution >= 0.6 is 0 Å². The number of nitro benzene ring substituents is 1. The van der Waals surface area contributed by atoms with Gasteiger partial charge in [-0.05, 0) is 42.3 Å². The number of ether oxygens (including phenoxy) is 3. The molecule has 0 aromatic heterocycles. The van der Waals surface area contributed by atoms with Gasteiger partial charge in [0.15, 0.2) is 11.5 Å². The van der Waals surface area contributed by atoms with Gasteiger partial charge < -0.3 is 19.5 Å². The van der Waals surface area contributed by atoms with Crippen molar-refractivity contribution in [3.63, 3.8) is 0 Å². The van der Waals surface area contributed by atoms with Crippen LogP contribution in [0.25, 0.3) is 0 Å². The van der Waals surface area contributed by atoms with Gasteiger partial charge in [-0.25, -0.2) is 0 Å². The Bertz CT molecular complexity index is 1070. The maximum Gasteiger partial charge on any atom is 0.276 e. The van der Waals surface area contributed by atoms with Crippen molar-refractivity contribution < 1.29 is 23.9 Å². The van der Waals surface area contributed by atoms with Gasteiger partial charge in [-0.15, -0.1) is 0 Å². The molecule has 0 aliphatic carbocycles. The van der Waals surface area contributed by atoms with Crippen LogP contribution in [0.4, 0.5) is 5.69 Å². The number of benzene rings is 3. The molecule has 0 aliphatic heterocycles. The van der Waals surface area contributed by atoms with E-state index in [9.17, 15) is 14.9 Å². The maximum absolute atomic E-state index is 12.4. The van der Waals surface area contributed by atoms with E-state index in [0.717, 1.165) is 5.56 Å². The van der Waals surface area contributed by atoms with E-state index in [0.29, 0.717) is 29.2 Å². The lowest BCUT2D eigenvalue weighted by Gasteiger charge is -2.11. The predicted octanol–water partition coefficient (Wildman–Crippen LogP) is 4.16. The Morgan fingerprint density at radius 3 is 2.25 bits per heavy atom. The Balaban J connectivity index is 1.57. The zero-order chi connectivity index (χ0) is 22.9. The molecule has 1 amide bonds. The average molecular weight is 436 g/mol. The normalized spacial score (nSPS) is 10.3. The molecule has 0 radical (unpaired) electrons. The van der Waals surface area contributed by atoms with Crippen LogP contribution < -0.4 is 19.5 Å². The molecule has 0 saturated carbocycles. The molecule has 8 nitrogen and oxygen atoms in total. The summed E-state index contributed by atoms with van der Waals surface area (Å²) in [4.78, 5) is 23.4. The van der Waals surface area contributed by atoms with Gasteiger partial charge in [0.25, 0.3) is 11.6 Å². The number of hydrogen-bond donors (Lipinski definition) is 1. The number of rotatable bonds is 10. The van der Waals surface area contributed by atoms with Crippen molar-refractivity contribution in [2.24, 2.45) is 0 Å². The summed E-state index contributed by atoms with van der Waals surface area (Å²) in [6.45, 7) is 0.665. The van der Waals surface area contributed by atoms with Crippen LogP contribution in [0.5, 0.6) is 17.2 Å². The molecule has 1 N–H and O–H groups in total. The topological polar surface area (TPSA) is 99.9 Å². The first-order valence-corrected chi connectivity index (χ1v) is 9.96. The molecule has 0 unspecified atom stereocenters. The van der Waals surface area contributed by atoms with Gasteiger partial charge in [0, 0.05) is 17.7 Å². The molecule has 0 fully saturated rings. The van der Waals surface area contributed by atoms with E-state index >= 15 is 0 Å². The highest BCUT2D eigenvalue weighted by Crippen LogP contribution is 2.34. The minimum absolute atomic E-state index is 0.0863. The summed E-state index contributed by atoms with van der Waals surface area (Å²) in [5.74, 6) is 1.06. The molecule has 0 spiro atoms. The first-order valence-electron chi connectivity index (χ1n) is 9.96. The summed E-state index contributed by atoms with van der Waals surface area (Å²) in [6.07, 6.45) is 0.265. The lowest BCUT2D eigenvalue weighted by molar-refractivity contribution is -0.385. The van der Waals surface area contributed by atoms with Gasteiger partial charge in [-0.3, -0.25) is 14.9 Å². The third kappa shape index (κ3) is 5.75. The van der Waals surface area contributed by atoms with Gasteiger partial charge >= 0.3 is 0 Å². The Morgan fingerprint density at radius 1 is 0.969 bits per heavy atom. The fourth-order valence-electron chi connectivity index (χ4n) is 3.14. The SMILES string of the molecule is COc1cc(CCNC(=O)c2ccc(OCc3ccccc3)cc2)c([N+](=O)[O-])cc1OC. The number of carbonyl (C=O) groups excluding carboxylic acids is 1. The van der Waals surface area contributed by atoms with Crippen LogP contribution in [0.3, 0.4) is 0 Å². The highest BCUT2D eigenvalue weighted by molar-refractivity contribution is 5.94. The zero-order valence-corrected chi connectivity index (χ0v) is 17.9. The molecule has 0 saturated heterocycles. The molecule has 0 heterocycles. The van der Waals surface area contributed by atoms with Crippen molar-refractivity contribution in [2.45, 2.75) is 13.0 Å². The number of nitrogens with one attached hydrogen (secondary N) is 1. The molecule has 3 rings (SSSR count). The van der Waals surface area contributed by atoms with Crippen molar-refractivity contribution in [3.8, 4) is 17.2 Å². The van der Waals surface area contributed by atoms with Gasteiger partial charge in [0.1, 0.15) is 12.4 Å². The van der Waals surface area contributed by atoms with Gasteiger partial charge in [-0.2, -0.15) is 0 Å². The Hall–Kier alpha value is -4.07. The summed E-state index contributed by atoms with van der Waals surface area (Å²) < 4.78 is 16.1. The van der Waals surface area contributed by atoms with Crippen LogP contribution in [0.15, 0.2) is 66.7 Å². The van der Waals surface area contributed by atoms with Gasteiger partial charge in [0.05, 0.1) is 25.2 Å². The molecular weight excluding hydrogens is 412 g/mol. The van der Waals surface area contributed by atoms with E-state index in [-0.39, 0.29) is 30.3 Å². The lowest BCUT2D eigenvalue weighted by Crippen LogP contribution is -2.25. The van der Waals surface area contributed by atoms with Crippen LogP contribution in [0.1, 0.15) is 21.5 Å². The monoisotopic (exact) mass is 436 g/mol. The first kappa shape index (κ1) is 22.6. The van der Waals surface area contributed by atoms with Crippen molar-refractivity contribution in [1.29, 1.82) is 0 Å². The Morgan fingerprint density at radius 2 is 1.62 bits per heavy atom. The van der Waals surface area contributed by atoms with E-state index in [1.807, 2.05) is 30.3 Å². The van der Waals surface area contributed by atoms with Gasteiger partial charge in [0.2, 0.25) is 0 Å². The largest absolute Gasteiger partial charge is 0.493 e. The quantitative estimate of drug-likeness (QED) is 0.378. The molecule has 32 heavy (non-hydrogen) atoms. The van der Waals surface area contributed by atoms with Crippen molar-refractivity contribution >= 4 is 11.6 Å².